The lowest BCUT2D eigenvalue weighted by Crippen LogP contribution is -2.13. The Morgan fingerprint density at radius 3 is 1.56 bits per heavy atom. The van der Waals surface area contributed by atoms with Crippen LogP contribution in [0.5, 0.6) is 0 Å². The number of hydrogen-bond donors (Lipinski definition) is 0. The van der Waals surface area contributed by atoms with Gasteiger partial charge in [0.2, 0.25) is 0 Å². The zero-order valence-corrected chi connectivity index (χ0v) is 26.0. The molecule has 0 atom stereocenters. The number of nitrogens with zero attached hydrogens (tertiary/aromatic N) is 2. The molecule has 0 bridgehead atoms. The zero-order chi connectivity index (χ0) is 32.9. The molecule has 0 saturated heterocycles. The van der Waals surface area contributed by atoms with Gasteiger partial charge in [-0.25, -0.2) is 16.8 Å². The fourth-order valence-electron chi connectivity index (χ4n) is 4.59. The summed E-state index contributed by atoms with van der Waals surface area (Å²) in [6, 6.07) is 6.25. The van der Waals surface area contributed by atoms with Gasteiger partial charge in [0.25, 0.3) is 0 Å². The quantitative estimate of drug-likeness (QED) is 0.201. The number of hydrogen-bond acceptors (Lipinski definition) is 10. The third kappa shape index (κ3) is 7.20. The molecule has 0 amide bonds. The molecule has 2 aliphatic rings. The Morgan fingerprint density at radius 1 is 0.733 bits per heavy atom. The molecule has 6 rings (SSSR count). The molecule has 238 valence electrons. The molecule has 2 saturated carbocycles. The summed E-state index contributed by atoms with van der Waals surface area (Å²) in [7, 11) is -7.61. The van der Waals surface area contributed by atoms with Gasteiger partial charge in [-0.05, 0) is 62.1 Å². The van der Waals surface area contributed by atoms with Crippen LogP contribution in [0.25, 0.3) is 0 Å². The molecule has 2 aromatic heterocycles. The van der Waals surface area contributed by atoms with Crippen LogP contribution < -0.4 is 0 Å². The van der Waals surface area contributed by atoms with Crippen LogP contribution >= 0.6 is 11.6 Å². The standard InChI is InChI=1S/C15H12F3NO4S.C14H12ClNO4S/c1-24(21,22)12-6-9(15(16,17)18)4-5-10(12)13(20)11-7-19-23-14(11)8-2-3-8;1-21(18,19)12-6-9(15)4-5-10(12)13(17)11-7-16-20-14(11)8-2-3-8/h4-8H,2-3H2,1H3;4-8H,2-3H2,1H3. The summed E-state index contributed by atoms with van der Waals surface area (Å²) in [5.41, 5.74) is -0.957. The van der Waals surface area contributed by atoms with Crippen molar-refractivity contribution < 1.29 is 48.6 Å². The van der Waals surface area contributed by atoms with Gasteiger partial charge in [0, 0.05) is 40.5 Å². The van der Waals surface area contributed by atoms with E-state index in [1.165, 1.54) is 30.6 Å². The molecule has 2 aliphatic carbocycles. The second kappa shape index (κ2) is 11.8. The minimum Gasteiger partial charge on any atom is -0.360 e. The summed E-state index contributed by atoms with van der Waals surface area (Å²) < 4.78 is 96.2. The van der Waals surface area contributed by atoms with Gasteiger partial charge in [-0.2, -0.15) is 13.2 Å². The second-order valence-corrected chi connectivity index (χ2v) is 15.2. The van der Waals surface area contributed by atoms with Gasteiger partial charge in [-0.15, -0.1) is 0 Å². The number of benzene rings is 2. The highest BCUT2D eigenvalue weighted by Gasteiger charge is 2.37. The molecule has 0 radical (unpaired) electrons. The Kier molecular flexibility index (Phi) is 8.57. The third-order valence-corrected chi connectivity index (χ3v) is 9.63. The number of rotatable bonds is 8. The maximum atomic E-state index is 12.8. The molecule has 0 aliphatic heterocycles. The van der Waals surface area contributed by atoms with Crippen molar-refractivity contribution in [2.45, 2.75) is 53.5 Å². The molecule has 16 heteroatoms. The van der Waals surface area contributed by atoms with E-state index < -0.39 is 47.9 Å². The summed E-state index contributed by atoms with van der Waals surface area (Å²) in [5.74, 6) is 0.0132. The molecule has 4 aromatic rings. The highest BCUT2D eigenvalue weighted by Crippen LogP contribution is 2.43. The van der Waals surface area contributed by atoms with E-state index >= 15 is 0 Å². The summed E-state index contributed by atoms with van der Waals surface area (Å²) in [6.07, 6.45) is 3.15. The maximum absolute atomic E-state index is 12.8. The minimum atomic E-state index is -4.71. The van der Waals surface area contributed by atoms with Crippen molar-refractivity contribution >= 4 is 42.8 Å². The first-order chi connectivity index (χ1) is 21.0. The summed E-state index contributed by atoms with van der Waals surface area (Å²) in [5, 5.41) is 7.48. The molecular formula is C29H24ClF3N2O8S2. The van der Waals surface area contributed by atoms with Crippen molar-refractivity contribution in [3.05, 3.63) is 93.2 Å². The average molecular weight is 685 g/mol. The monoisotopic (exact) mass is 684 g/mol. The lowest BCUT2D eigenvalue weighted by molar-refractivity contribution is -0.137. The minimum absolute atomic E-state index is 0.0441. The number of carbonyl (C=O) groups excluding carboxylic acids is 2. The van der Waals surface area contributed by atoms with Gasteiger partial charge in [-0.3, -0.25) is 9.59 Å². The van der Waals surface area contributed by atoms with Crippen molar-refractivity contribution in [2.75, 3.05) is 12.5 Å². The Bertz CT molecular complexity index is 2030. The number of carbonyl (C=O) groups is 2. The second-order valence-electron chi connectivity index (χ2n) is 10.8. The Labute approximate surface area is 260 Å². The van der Waals surface area contributed by atoms with Crippen molar-refractivity contribution in [1.82, 2.24) is 10.3 Å². The van der Waals surface area contributed by atoms with Crippen LogP contribution in [0.15, 0.2) is 67.6 Å². The van der Waals surface area contributed by atoms with Crippen LogP contribution in [0.1, 0.15) is 86.4 Å². The van der Waals surface area contributed by atoms with Crippen LogP contribution in [0.3, 0.4) is 0 Å². The fraction of sp³-hybridized carbons (Fsp3) is 0.310. The lowest BCUT2D eigenvalue weighted by atomic mass is 10.0. The predicted octanol–water partition coefficient (Wildman–Crippen LogP) is 6.05. The van der Waals surface area contributed by atoms with Crippen molar-refractivity contribution in [3.8, 4) is 0 Å². The first-order valence-electron chi connectivity index (χ1n) is 13.4. The molecular weight excluding hydrogens is 661 g/mol. The van der Waals surface area contributed by atoms with Crippen LogP contribution in [-0.4, -0.2) is 51.2 Å². The summed E-state index contributed by atoms with van der Waals surface area (Å²) in [6.45, 7) is 0. The van der Waals surface area contributed by atoms with Gasteiger partial charge in [0.1, 0.15) is 0 Å². The highest BCUT2D eigenvalue weighted by molar-refractivity contribution is 7.91. The molecule has 2 fully saturated rings. The highest BCUT2D eigenvalue weighted by atomic mass is 35.5. The Balaban J connectivity index is 0.000000179. The van der Waals surface area contributed by atoms with Gasteiger partial charge in [-0.1, -0.05) is 21.9 Å². The van der Waals surface area contributed by atoms with E-state index in [-0.39, 0.29) is 38.4 Å². The maximum Gasteiger partial charge on any atom is 0.416 e. The van der Waals surface area contributed by atoms with Gasteiger partial charge in [0.05, 0.1) is 38.9 Å². The number of alkyl halides is 3. The van der Waals surface area contributed by atoms with E-state index in [4.69, 9.17) is 20.6 Å². The van der Waals surface area contributed by atoms with Crippen molar-refractivity contribution in [2.24, 2.45) is 0 Å². The fourth-order valence-corrected chi connectivity index (χ4v) is 6.63. The molecule has 10 nitrogen and oxygen atoms in total. The third-order valence-electron chi connectivity index (χ3n) is 7.12. The van der Waals surface area contributed by atoms with Gasteiger partial charge >= 0.3 is 6.18 Å². The topological polar surface area (TPSA) is 154 Å². The number of halogens is 4. The van der Waals surface area contributed by atoms with Crippen molar-refractivity contribution in [3.63, 3.8) is 0 Å². The molecule has 45 heavy (non-hydrogen) atoms. The Hall–Kier alpha value is -3.82. The zero-order valence-electron chi connectivity index (χ0n) is 23.6. The van der Waals surface area contributed by atoms with Gasteiger partial charge in [0.15, 0.2) is 42.8 Å². The molecule has 2 aromatic carbocycles. The average Bonchev–Trinajstić information content (AvgIpc) is 3.89. The smallest absolute Gasteiger partial charge is 0.360 e. The first-order valence-corrected chi connectivity index (χ1v) is 17.5. The molecule has 0 N–H and O–H groups in total. The van der Waals surface area contributed by atoms with E-state index in [1.807, 2.05) is 0 Å². The van der Waals surface area contributed by atoms with E-state index in [0.29, 0.717) is 29.2 Å². The largest absolute Gasteiger partial charge is 0.416 e. The van der Waals surface area contributed by atoms with Crippen LogP contribution in [-0.2, 0) is 25.9 Å². The van der Waals surface area contributed by atoms with E-state index in [0.717, 1.165) is 44.3 Å². The lowest BCUT2D eigenvalue weighted by Gasteiger charge is -2.11. The first kappa shape index (κ1) is 32.6. The van der Waals surface area contributed by atoms with Crippen molar-refractivity contribution in [1.29, 1.82) is 0 Å². The molecule has 0 spiro atoms. The van der Waals surface area contributed by atoms with Gasteiger partial charge < -0.3 is 9.05 Å². The predicted molar refractivity (Wildman–Crippen MR) is 153 cm³/mol. The molecule has 2 heterocycles. The van der Waals surface area contributed by atoms with Crippen LogP contribution in [0.4, 0.5) is 13.2 Å². The van der Waals surface area contributed by atoms with E-state index in [9.17, 15) is 39.6 Å². The summed E-state index contributed by atoms with van der Waals surface area (Å²) in [4.78, 5) is 24.5. The summed E-state index contributed by atoms with van der Waals surface area (Å²) >= 11 is 5.84. The molecule has 0 unspecified atom stereocenters. The van der Waals surface area contributed by atoms with E-state index in [1.54, 1.807) is 0 Å². The SMILES string of the molecule is CS(=O)(=O)c1cc(C(F)(F)F)ccc1C(=O)c1cnoc1C1CC1.CS(=O)(=O)c1cc(Cl)ccc1C(=O)c1cnoc1C1CC1. The van der Waals surface area contributed by atoms with E-state index in [2.05, 4.69) is 10.3 Å². The normalized spacial score (nSPS) is 15.3. The number of ketones is 2. The van der Waals surface area contributed by atoms with Crippen LogP contribution in [0.2, 0.25) is 5.02 Å². The number of sulfone groups is 2. The van der Waals surface area contributed by atoms with Crippen LogP contribution in [0, 0.1) is 0 Å². The number of aromatic nitrogens is 2. The Morgan fingerprint density at radius 2 is 1.16 bits per heavy atom.